The number of carbonyl (C=O) groups excluding carboxylic acids is 1. The number of hydrogen-bond donors (Lipinski definition) is 1. The lowest BCUT2D eigenvalue weighted by Crippen LogP contribution is -2.37. The predicted octanol–water partition coefficient (Wildman–Crippen LogP) is 1.04. The fourth-order valence-corrected chi connectivity index (χ4v) is 2.13. The molecule has 1 N–H and O–H groups in total. The van der Waals surface area contributed by atoms with Crippen molar-refractivity contribution >= 4 is 17.1 Å². The summed E-state index contributed by atoms with van der Waals surface area (Å²) in [6.07, 6.45) is 2.90. The number of ketones is 1. The standard InChI is InChI=1S/C7H12O4S/c1-6(8)7(11-12(9)10)4-2-3-5-7/h2-5H2,1H3,(H,9,10). The third-order valence-electron chi connectivity index (χ3n) is 2.28. The van der Waals surface area contributed by atoms with Crippen LogP contribution in [0.25, 0.3) is 0 Å². The van der Waals surface area contributed by atoms with Gasteiger partial charge in [0.2, 0.25) is 0 Å². The zero-order chi connectivity index (χ0) is 9.19. The van der Waals surface area contributed by atoms with E-state index < -0.39 is 17.0 Å². The van der Waals surface area contributed by atoms with E-state index in [9.17, 15) is 9.00 Å². The highest BCUT2D eigenvalue weighted by atomic mass is 32.2. The molecule has 0 spiro atoms. The Hall–Kier alpha value is -0.260. The Bertz CT molecular complexity index is 207. The van der Waals surface area contributed by atoms with Crippen LogP contribution < -0.4 is 0 Å². The summed E-state index contributed by atoms with van der Waals surface area (Å²) >= 11 is -2.34. The summed E-state index contributed by atoms with van der Waals surface area (Å²) in [4.78, 5) is 11.1. The maximum Gasteiger partial charge on any atom is 0.302 e. The first-order valence-corrected chi connectivity index (χ1v) is 4.91. The van der Waals surface area contributed by atoms with E-state index in [1.54, 1.807) is 0 Å². The molecule has 70 valence electrons. The second-order valence-corrected chi connectivity index (χ2v) is 3.66. The molecular formula is C7H12O4S. The van der Waals surface area contributed by atoms with Gasteiger partial charge < -0.3 is 0 Å². The Kier molecular flexibility index (Phi) is 2.98. The van der Waals surface area contributed by atoms with Crippen LogP contribution in [0.4, 0.5) is 0 Å². The van der Waals surface area contributed by atoms with Gasteiger partial charge in [-0.15, -0.1) is 0 Å². The van der Waals surface area contributed by atoms with Gasteiger partial charge in [-0.2, -0.15) is 4.21 Å². The summed E-state index contributed by atoms with van der Waals surface area (Å²) in [5.74, 6) is -0.151. The first kappa shape index (κ1) is 9.83. The van der Waals surface area contributed by atoms with Gasteiger partial charge in [-0.25, -0.2) is 0 Å². The molecule has 5 heteroatoms. The van der Waals surface area contributed by atoms with Gasteiger partial charge in [-0.05, 0) is 32.6 Å². The van der Waals surface area contributed by atoms with Gasteiger partial charge in [0.15, 0.2) is 5.78 Å². The zero-order valence-electron chi connectivity index (χ0n) is 6.91. The molecule has 0 radical (unpaired) electrons. The number of Topliss-reactive ketones (excluding diaryl/α,β-unsaturated/α-hetero) is 1. The van der Waals surface area contributed by atoms with E-state index in [1.165, 1.54) is 6.92 Å². The summed E-state index contributed by atoms with van der Waals surface area (Å²) in [6, 6.07) is 0. The third kappa shape index (κ3) is 1.91. The average Bonchev–Trinajstić information content (AvgIpc) is 2.35. The second-order valence-electron chi connectivity index (χ2n) is 3.06. The van der Waals surface area contributed by atoms with Crippen molar-refractivity contribution in [1.82, 2.24) is 0 Å². The Morgan fingerprint density at radius 2 is 2.00 bits per heavy atom. The van der Waals surface area contributed by atoms with Crippen LogP contribution in [-0.4, -0.2) is 20.1 Å². The van der Waals surface area contributed by atoms with E-state index in [1.807, 2.05) is 0 Å². The van der Waals surface area contributed by atoms with Gasteiger partial charge in [-0.3, -0.25) is 13.5 Å². The summed E-state index contributed by atoms with van der Waals surface area (Å²) in [6.45, 7) is 1.40. The van der Waals surface area contributed by atoms with Crippen LogP contribution >= 0.6 is 0 Å². The molecule has 0 aromatic heterocycles. The Labute approximate surface area is 73.8 Å². The molecule has 1 aliphatic carbocycles. The van der Waals surface area contributed by atoms with Crippen molar-refractivity contribution in [3.05, 3.63) is 0 Å². The van der Waals surface area contributed by atoms with Crippen LogP contribution in [0.2, 0.25) is 0 Å². The molecule has 0 heterocycles. The highest BCUT2D eigenvalue weighted by Gasteiger charge is 2.41. The highest BCUT2D eigenvalue weighted by Crippen LogP contribution is 2.34. The minimum Gasteiger partial charge on any atom is -0.297 e. The topological polar surface area (TPSA) is 63.6 Å². The largest absolute Gasteiger partial charge is 0.302 e. The zero-order valence-corrected chi connectivity index (χ0v) is 7.73. The van der Waals surface area contributed by atoms with Gasteiger partial charge in [0.05, 0.1) is 0 Å². The molecule has 1 unspecified atom stereocenters. The van der Waals surface area contributed by atoms with E-state index in [4.69, 9.17) is 8.74 Å². The highest BCUT2D eigenvalue weighted by molar-refractivity contribution is 7.74. The third-order valence-corrected chi connectivity index (χ3v) is 2.75. The van der Waals surface area contributed by atoms with Crippen LogP contribution in [0.5, 0.6) is 0 Å². The maximum absolute atomic E-state index is 11.1. The van der Waals surface area contributed by atoms with Gasteiger partial charge in [0.25, 0.3) is 0 Å². The van der Waals surface area contributed by atoms with Gasteiger partial charge in [-0.1, -0.05) is 0 Å². The molecule has 0 aromatic carbocycles. The lowest BCUT2D eigenvalue weighted by molar-refractivity contribution is -0.131. The van der Waals surface area contributed by atoms with E-state index in [2.05, 4.69) is 0 Å². The van der Waals surface area contributed by atoms with E-state index >= 15 is 0 Å². The number of hydrogen-bond acceptors (Lipinski definition) is 3. The molecule has 4 nitrogen and oxygen atoms in total. The minimum atomic E-state index is -2.34. The van der Waals surface area contributed by atoms with Gasteiger partial charge in [0, 0.05) is 0 Å². The molecule has 0 aromatic rings. The smallest absolute Gasteiger partial charge is 0.297 e. The van der Waals surface area contributed by atoms with Gasteiger partial charge in [0.1, 0.15) is 5.60 Å². The SMILES string of the molecule is CC(=O)C1(OS(=O)O)CCCC1. The molecule has 1 fully saturated rings. The molecule has 0 bridgehead atoms. The van der Waals surface area contributed by atoms with Crippen molar-refractivity contribution in [1.29, 1.82) is 0 Å². The first-order chi connectivity index (χ1) is 5.57. The first-order valence-electron chi connectivity index (χ1n) is 3.88. The van der Waals surface area contributed by atoms with Crippen molar-refractivity contribution < 1.29 is 17.7 Å². The van der Waals surface area contributed by atoms with Crippen LogP contribution in [-0.2, 0) is 20.3 Å². The Balaban J connectivity index is 2.72. The van der Waals surface area contributed by atoms with Crippen molar-refractivity contribution in [2.45, 2.75) is 38.2 Å². The molecule has 1 aliphatic rings. The van der Waals surface area contributed by atoms with Crippen LogP contribution in [0.15, 0.2) is 0 Å². The fourth-order valence-electron chi connectivity index (χ4n) is 1.58. The minimum absolute atomic E-state index is 0.151. The maximum atomic E-state index is 11.1. The summed E-state index contributed by atoms with van der Waals surface area (Å²) in [5.41, 5.74) is -0.973. The Morgan fingerprint density at radius 1 is 1.50 bits per heavy atom. The Morgan fingerprint density at radius 3 is 2.33 bits per heavy atom. The molecule has 1 atom stereocenters. The van der Waals surface area contributed by atoms with Crippen LogP contribution in [0.3, 0.4) is 0 Å². The summed E-state index contributed by atoms with van der Waals surface area (Å²) < 4.78 is 23.7. The quantitative estimate of drug-likeness (QED) is 0.678. The van der Waals surface area contributed by atoms with Gasteiger partial charge >= 0.3 is 11.4 Å². The van der Waals surface area contributed by atoms with Crippen molar-refractivity contribution in [2.24, 2.45) is 0 Å². The van der Waals surface area contributed by atoms with Crippen molar-refractivity contribution in [3.8, 4) is 0 Å². The van der Waals surface area contributed by atoms with Crippen LogP contribution in [0, 0.1) is 0 Å². The molecule has 0 saturated heterocycles. The van der Waals surface area contributed by atoms with E-state index in [0.29, 0.717) is 12.8 Å². The van der Waals surface area contributed by atoms with E-state index in [-0.39, 0.29) is 5.78 Å². The summed E-state index contributed by atoms with van der Waals surface area (Å²) in [5, 5.41) is 0. The van der Waals surface area contributed by atoms with Crippen molar-refractivity contribution in [2.75, 3.05) is 0 Å². The fraction of sp³-hybridized carbons (Fsp3) is 0.857. The molecule has 0 amide bonds. The lowest BCUT2D eigenvalue weighted by atomic mass is 9.98. The molecule has 12 heavy (non-hydrogen) atoms. The normalized spacial score (nSPS) is 23.8. The monoisotopic (exact) mass is 192 g/mol. The molecular weight excluding hydrogens is 180 g/mol. The summed E-state index contributed by atoms with van der Waals surface area (Å²) in [7, 11) is 0. The molecule has 1 saturated carbocycles. The second kappa shape index (κ2) is 3.64. The average molecular weight is 192 g/mol. The number of rotatable bonds is 3. The van der Waals surface area contributed by atoms with E-state index in [0.717, 1.165) is 12.8 Å². The number of carbonyl (C=O) groups is 1. The lowest BCUT2D eigenvalue weighted by Gasteiger charge is -2.22. The molecule has 1 rings (SSSR count). The van der Waals surface area contributed by atoms with Crippen LogP contribution in [0.1, 0.15) is 32.6 Å². The predicted molar refractivity (Wildman–Crippen MR) is 43.7 cm³/mol. The molecule has 0 aliphatic heterocycles. The van der Waals surface area contributed by atoms with Crippen molar-refractivity contribution in [3.63, 3.8) is 0 Å².